The molecular weight excluding hydrogens is 466 g/mol. The second kappa shape index (κ2) is 10.2. The summed E-state index contributed by atoms with van der Waals surface area (Å²) < 4.78 is 38.3. The van der Waals surface area contributed by atoms with Gasteiger partial charge in [-0.2, -0.15) is 4.99 Å². The van der Waals surface area contributed by atoms with E-state index in [4.69, 9.17) is 36.1 Å². The number of aromatic amines is 1. The highest BCUT2D eigenvalue weighted by atomic mass is 35.5. The molecule has 1 aromatic rings. The number of nitrogens with zero attached hydrogens (tertiary/aromatic N) is 3. The zero-order valence-electron chi connectivity index (χ0n) is 15.7. The molecule has 0 aromatic carbocycles. The van der Waals surface area contributed by atoms with E-state index in [9.17, 15) is 13.7 Å². The number of aromatic nitrogens is 2. The maximum absolute atomic E-state index is 13.6. The maximum Gasteiger partial charge on any atom is 0.266 e. The summed E-state index contributed by atoms with van der Waals surface area (Å²) in [6.45, 7) is -0.347. The van der Waals surface area contributed by atoms with E-state index in [0.717, 1.165) is 0 Å². The van der Waals surface area contributed by atoms with Gasteiger partial charge in [-0.1, -0.05) is 0 Å². The number of halogens is 3. The van der Waals surface area contributed by atoms with Crippen LogP contribution < -0.4 is 0 Å². The third-order valence-corrected chi connectivity index (χ3v) is 7.10. The molecule has 2 aliphatic rings. The zero-order chi connectivity index (χ0) is 21.9. The largest absolute Gasteiger partial charge is 0.366 e. The fraction of sp³-hybridized carbons (Fsp3) is 0.667. The number of alkyl halides is 2. The molecular formula is C15H22ClF2N5O5P2. The van der Waals surface area contributed by atoms with Gasteiger partial charge < -0.3 is 33.8 Å². The van der Waals surface area contributed by atoms with Crippen LogP contribution in [0.2, 0.25) is 0 Å². The molecule has 0 aliphatic carbocycles. The predicted molar refractivity (Wildman–Crippen MR) is 108 cm³/mol. The van der Waals surface area contributed by atoms with Gasteiger partial charge in [0.2, 0.25) is 5.29 Å². The quantitative estimate of drug-likeness (QED) is 0.172. The number of ether oxygens (including phenoxy) is 1. The van der Waals surface area contributed by atoms with Crippen molar-refractivity contribution in [2.45, 2.75) is 37.4 Å². The van der Waals surface area contributed by atoms with Crippen molar-refractivity contribution >= 4 is 39.5 Å². The molecule has 3 atom stereocenters. The van der Waals surface area contributed by atoms with E-state index in [2.05, 4.69) is 15.0 Å². The highest BCUT2D eigenvalue weighted by molar-refractivity contribution is 7.63. The van der Waals surface area contributed by atoms with Crippen molar-refractivity contribution < 1.29 is 32.7 Å². The molecule has 168 valence electrons. The van der Waals surface area contributed by atoms with E-state index >= 15 is 0 Å². The molecule has 3 unspecified atom stereocenters. The van der Waals surface area contributed by atoms with E-state index < -0.39 is 34.5 Å². The van der Waals surface area contributed by atoms with Gasteiger partial charge in [-0.25, -0.2) is 13.8 Å². The van der Waals surface area contributed by atoms with Gasteiger partial charge in [-0.05, 0) is 24.4 Å². The van der Waals surface area contributed by atoms with Crippen LogP contribution in [-0.2, 0) is 9.26 Å². The normalized spacial score (nSPS) is 25.3. The third-order valence-electron chi connectivity index (χ3n) is 4.59. The van der Waals surface area contributed by atoms with Crippen molar-refractivity contribution in [3.63, 3.8) is 0 Å². The molecule has 15 heteroatoms. The first-order chi connectivity index (χ1) is 14.1. The summed E-state index contributed by atoms with van der Waals surface area (Å²) in [5.74, 6) is -2.75. The van der Waals surface area contributed by atoms with Crippen molar-refractivity contribution in [3.05, 3.63) is 17.7 Å². The van der Waals surface area contributed by atoms with Gasteiger partial charge in [-0.3, -0.25) is 5.41 Å². The summed E-state index contributed by atoms with van der Waals surface area (Å²) in [7, 11) is -4.13. The van der Waals surface area contributed by atoms with E-state index in [1.165, 1.54) is 11.1 Å². The van der Waals surface area contributed by atoms with Crippen molar-refractivity contribution in [1.29, 1.82) is 5.41 Å². The van der Waals surface area contributed by atoms with Crippen LogP contribution in [0.1, 0.15) is 36.9 Å². The molecule has 2 saturated heterocycles. The Bertz CT molecular complexity index is 786. The molecule has 10 nitrogen and oxygen atoms in total. The van der Waals surface area contributed by atoms with E-state index in [1.54, 1.807) is 0 Å². The molecule has 2 aliphatic heterocycles. The summed E-state index contributed by atoms with van der Waals surface area (Å²) >= 11 is 5.57. The van der Waals surface area contributed by atoms with Gasteiger partial charge in [-0.15, -0.1) is 0 Å². The number of amidine groups is 2. The second-order valence-electron chi connectivity index (χ2n) is 6.93. The highest BCUT2D eigenvalue weighted by Crippen LogP contribution is 2.44. The smallest absolute Gasteiger partial charge is 0.266 e. The van der Waals surface area contributed by atoms with Crippen LogP contribution in [0, 0.1) is 5.41 Å². The van der Waals surface area contributed by atoms with Crippen LogP contribution in [0.25, 0.3) is 0 Å². The molecule has 0 saturated carbocycles. The lowest BCUT2D eigenvalue weighted by Crippen LogP contribution is -2.33. The van der Waals surface area contributed by atoms with Gasteiger partial charge in [0.05, 0.1) is 43.2 Å². The molecule has 3 rings (SSSR count). The molecule has 0 amide bonds. The van der Waals surface area contributed by atoms with Gasteiger partial charge in [0.15, 0.2) is 28.4 Å². The Kier molecular flexibility index (Phi) is 8.09. The summed E-state index contributed by atoms with van der Waals surface area (Å²) in [5.41, 5.74) is 0.618. The average molecular weight is 488 g/mol. The van der Waals surface area contributed by atoms with Crippen LogP contribution in [0.15, 0.2) is 11.2 Å². The number of hydrogen-bond donors (Lipinski definition) is 5. The Labute approximate surface area is 178 Å². The first-order valence-corrected chi connectivity index (χ1v) is 12.2. The maximum atomic E-state index is 13.6. The molecule has 0 radical (unpaired) electrons. The number of H-pyrrole nitrogens is 1. The first-order valence-electron chi connectivity index (χ1n) is 9.04. The Morgan fingerprint density at radius 2 is 2.23 bits per heavy atom. The van der Waals surface area contributed by atoms with E-state index in [1.807, 2.05) is 0 Å². The van der Waals surface area contributed by atoms with Crippen LogP contribution in [0.4, 0.5) is 8.78 Å². The zero-order valence-corrected chi connectivity index (χ0v) is 18.3. The molecule has 1 aromatic heterocycles. The average Bonchev–Trinajstić information content (AvgIpc) is 3.36. The monoisotopic (exact) mass is 487 g/mol. The van der Waals surface area contributed by atoms with Gasteiger partial charge in [0.25, 0.3) is 5.92 Å². The number of likely N-dealkylation sites (tertiary alicyclic amines) is 1. The van der Waals surface area contributed by atoms with Crippen molar-refractivity contribution in [2.24, 2.45) is 4.99 Å². The van der Waals surface area contributed by atoms with Crippen LogP contribution >= 0.6 is 28.4 Å². The Morgan fingerprint density at radius 3 is 2.87 bits per heavy atom. The molecule has 3 heterocycles. The minimum Gasteiger partial charge on any atom is -0.366 e. The summed E-state index contributed by atoms with van der Waals surface area (Å²) in [6.07, 6.45) is 1.88. The lowest BCUT2D eigenvalue weighted by molar-refractivity contribution is 0.0159. The molecule has 0 spiro atoms. The first kappa shape index (κ1) is 23.8. The van der Waals surface area contributed by atoms with Crippen molar-refractivity contribution in [3.8, 4) is 0 Å². The van der Waals surface area contributed by atoms with Gasteiger partial charge in [0.1, 0.15) is 0 Å². The highest BCUT2D eigenvalue weighted by Gasteiger charge is 2.40. The fourth-order valence-corrected chi connectivity index (χ4v) is 4.88. The van der Waals surface area contributed by atoms with E-state index in [0.29, 0.717) is 18.5 Å². The second-order valence-corrected chi connectivity index (χ2v) is 10.1. The molecule has 2 fully saturated rings. The lowest BCUT2D eigenvalue weighted by atomic mass is 10.1. The lowest BCUT2D eigenvalue weighted by Gasteiger charge is -2.18. The number of rotatable bonds is 7. The molecule has 5 N–H and O–H groups in total. The van der Waals surface area contributed by atoms with E-state index in [-0.39, 0.29) is 49.3 Å². The SMILES string of the molecule is N=C(Cl)N=C(c1ncc(C2CCC(COP(O)CP(O)O)O2)[nH]1)N1CCC(F)(F)C1. The van der Waals surface area contributed by atoms with Crippen LogP contribution in [0.5, 0.6) is 0 Å². The minimum atomic E-state index is -2.84. The summed E-state index contributed by atoms with van der Waals surface area (Å²) in [5, 5.41) is 6.86. The number of hydrogen-bond acceptors (Lipinski definition) is 7. The Balaban J connectivity index is 1.62. The topological polar surface area (TPSA) is 147 Å². The van der Waals surface area contributed by atoms with Gasteiger partial charge >= 0.3 is 0 Å². The number of nitrogens with one attached hydrogen (secondary N) is 2. The minimum absolute atomic E-state index is 0.0688. The number of aliphatic imine (C=N–C) groups is 1. The van der Waals surface area contributed by atoms with Crippen molar-refractivity contribution in [2.75, 3.05) is 25.6 Å². The standard InChI is InChI=1S/C15H22ClF2N5O5P2/c16-14(19)22-13(23-4-3-15(17,18)7-23)12-20-5-10(21-12)11-2-1-9(28-11)6-27-30(26)8-29(24)25/h5,9,11,19,24-26H,1-4,6-8H2,(H,20,21). The molecule has 0 bridgehead atoms. The van der Waals surface area contributed by atoms with Gasteiger partial charge in [0, 0.05) is 13.0 Å². The van der Waals surface area contributed by atoms with Crippen LogP contribution in [-0.4, -0.2) is 78.3 Å². The Hall–Kier alpha value is -0.840. The summed E-state index contributed by atoms with van der Waals surface area (Å²) in [4.78, 5) is 39.8. The Morgan fingerprint density at radius 1 is 1.47 bits per heavy atom. The van der Waals surface area contributed by atoms with Crippen LogP contribution in [0.3, 0.4) is 0 Å². The predicted octanol–water partition coefficient (Wildman–Crippen LogP) is 2.47. The third kappa shape index (κ3) is 6.58. The summed E-state index contributed by atoms with van der Waals surface area (Å²) in [6, 6.07) is 0. The van der Waals surface area contributed by atoms with Crippen molar-refractivity contribution in [1.82, 2.24) is 14.9 Å². The molecule has 30 heavy (non-hydrogen) atoms. The fourth-order valence-electron chi connectivity index (χ4n) is 3.27. The number of imidazole rings is 1.